The van der Waals surface area contributed by atoms with Gasteiger partial charge in [0, 0.05) is 36.9 Å². The Balaban J connectivity index is 1.12. The molecule has 1 atom stereocenters. The first-order valence-corrected chi connectivity index (χ1v) is 12.2. The van der Waals surface area contributed by atoms with Gasteiger partial charge in [0.2, 0.25) is 0 Å². The molecular weight excluding hydrogens is 428 g/mol. The molecule has 4 rings (SSSR count). The highest BCUT2D eigenvalue weighted by molar-refractivity contribution is 6.00. The number of carbonyl (C=O) groups excluding carboxylic acids is 2. The molecule has 178 valence electrons. The fourth-order valence-electron chi connectivity index (χ4n) is 4.26. The third-order valence-electron chi connectivity index (χ3n) is 6.13. The van der Waals surface area contributed by atoms with E-state index in [0.29, 0.717) is 13.2 Å². The Labute approximate surface area is 201 Å². The van der Waals surface area contributed by atoms with Gasteiger partial charge in [-0.2, -0.15) is 5.06 Å². The van der Waals surface area contributed by atoms with E-state index >= 15 is 0 Å². The van der Waals surface area contributed by atoms with Crippen LogP contribution in [0.25, 0.3) is 0 Å². The highest BCUT2D eigenvalue weighted by Gasteiger charge is 2.29. The van der Waals surface area contributed by atoms with Crippen molar-refractivity contribution in [1.82, 2.24) is 10.4 Å². The molecule has 2 aromatic rings. The summed E-state index contributed by atoms with van der Waals surface area (Å²) in [5.41, 5.74) is 4.50. The van der Waals surface area contributed by atoms with Crippen LogP contribution in [0, 0.1) is 11.8 Å². The first kappa shape index (κ1) is 24.2. The lowest BCUT2D eigenvalue weighted by Crippen LogP contribution is -2.29. The van der Waals surface area contributed by atoms with Crippen molar-refractivity contribution in [3.05, 3.63) is 70.8 Å². The number of carbonyl (C=O) groups is 2. The van der Waals surface area contributed by atoms with E-state index < -0.39 is 0 Å². The van der Waals surface area contributed by atoms with Gasteiger partial charge >= 0.3 is 0 Å². The number of nitrogens with zero attached hydrogens (tertiary/aromatic N) is 1. The number of unbranched alkanes of at least 4 members (excludes halogenated alkanes) is 3. The van der Waals surface area contributed by atoms with Crippen LogP contribution < -0.4 is 5.32 Å². The largest absolute Gasteiger partial charge is 0.372 e. The fourth-order valence-corrected chi connectivity index (χ4v) is 4.26. The molecule has 1 saturated heterocycles. The first-order chi connectivity index (χ1) is 16.7. The minimum atomic E-state index is -0.226. The lowest BCUT2D eigenvalue weighted by Gasteiger charge is -2.22. The highest BCUT2D eigenvalue weighted by Crippen LogP contribution is 2.28. The molecule has 1 N–H and O–H groups in total. The summed E-state index contributed by atoms with van der Waals surface area (Å²) in [6.45, 7) is 2.78. The maximum atomic E-state index is 11.5. The topological polar surface area (TPSA) is 67.9 Å². The van der Waals surface area contributed by atoms with Gasteiger partial charge in [0.1, 0.15) is 0 Å². The molecule has 0 saturated carbocycles. The number of hydrogen-bond acceptors (Lipinski definition) is 5. The third-order valence-corrected chi connectivity index (χ3v) is 6.13. The van der Waals surface area contributed by atoms with E-state index in [1.54, 1.807) is 0 Å². The zero-order valence-electron chi connectivity index (χ0n) is 19.6. The molecule has 0 spiro atoms. The van der Waals surface area contributed by atoms with Crippen molar-refractivity contribution in [1.29, 1.82) is 0 Å². The van der Waals surface area contributed by atoms with E-state index in [-0.39, 0.29) is 30.8 Å². The number of benzene rings is 2. The minimum Gasteiger partial charge on any atom is -0.372 e. The summed E-state index contributed by atoms with van der Waals surface area (Å²) in [4.78, 5) is 28.3. The standard InChI is InChI=1S/C28H32N2O4/c31-27-15-16-28(32)30(27)34-19-8-2-1-7-17-29-18-20-33-26-21-24-11-4-3-9-22(24)13-14-23-10-5-6-12-25(23)26/h3-6,9-12,26,29H,1-2,7-8,15-21H2. The second kappa shape index (κ2) is 12.5. The van der Waals surface area contributed by atoms with Gasteiger partial charge in [0.25, 0.3) is 11.8 Å². The van der Waals surface area contributed by atoms with E-state index in [4.69, 9.17) is 9.57 Å². The highest BCUT2D eigenvalue weighted by atomic mass is 16.7. The van der Waals surface area contributed by atoms with Crippen LogP contribution in [0.1, 0.15) is 66.9 Å². The molecular formula is C28H32N2O4. The zero-order valence-corrected chi connectivity index (χ0v) is 19.6. The summed E-state index contributed by atoms with van der Waals surface area (Å²) in [5.74, 6) is 6.18. The number of imide groups is 1. The first-order valence-electron chi connectivity index (χ1n) is 12.2. The molecule has 34 heavy (non-hydrogen) atoms. The van der Waals surface area contributed by atoms with E-state index in [1.807, 2.05) is 12.1 Å². The van der Waals surface area contributed by atoms with Crippen LogP contribution in [0.4, 0.5) is 0 Å². The summed E-state index contributed by atoms with van der Waals surface area (Å²) in [5, 5.41) is 4.39. The molecule has 2 aromatic carbocycles. The van der Waals surface area contributed by atoms with Crippen LogP contribution in [0.2, 0.25) is 0 Å². The lowest BCUT2D eigenvalue weighted by molar-refractivity contribution is -0.187. The van der Waals surface area contributed by atoms with E-state index in [1.165, 1.54) is 5.56 Å². The van der Waals surface area contributed by atoms with Crippen LogP contribution in [0.15, 0.2) is 48.5 Å². The van der Waals surface area contributed by atoms with Crippen LogP contribution in [-0.4, -0.2) is 43.2 Å². The summed E-state index contributed by atoms with van der Waals surface area (Å²) >= 11 is 0. The molecule has 2 aliphatic rings. The van der Waals surface area contributed by atoms with E-state index in [9.17, 15) is 9.59 Å². The lowest BCUT2D eigenvalue weighted by atomic mass is 9.92. The van der Waals surface area contributed by atoms with Gasteiger partial charge < -0.3 is 10.1 Å². The molecule has 6 heteroatoms. The maximum absolute atomic E-state index is 11.5. The molecule has 2 amide bonds. The molecule has 1 fully saturated rings. The molecule has 1 heterocycles. The van der Waals surface area contributed by atoms with Gasteiger partial charge in [0.15, 0.2) is 0 Å². The van der Waals surface area contributed by atoms with E-state index in [2.05, 4.69) is 53.6 Å². The third kappa shape index (κ3) is 6.54. The van der Waals surface area contributed by atoms with Crippen LogP contribution in [0.5, 0.6) is 0 Å². The molecule has 1 aliphatic carbocycles. The normalized spacial score (nSPS) is 16.9. The molecule has 0 radical (unpaired) electrons. The Morgan fingerprint density at radius 2 is 1.53 bits per heavy atom. The Morgan fingerprint density at radius 3 is 2.38 bits per heavy atom. The van der Waals surface area contributed by atoms with Gasteiger partial charge in [-0.25, -0.2) is 0 Å². The molecule has 1 aliphatic heterocycles. The van der Waals surface area contributed by atoms with Gasteiger partial charge in [-0.1, -0.05) is 61.1 Å². The second-order valence-electron chi connectivity index (χ2n) is 8.64. The fraction of sp³-hybridized carbons (Fsp3) is 0.429. The Hall–Kier alpha value is -2.98. The van der Waals surface area contributed by atoms with Gasteiger partial charge in [-0.3, -0.25) is 14.4 Å². The molecule has 0 bridgehead atoms. The quantitative estimate of drug-likeness (QED) is 0.295. The van der Waals surface area contributed by atoms with Crippen molar-refractivity contribution in [3.63, 3.8) is 0 Å². The Bertz CT molecular complexity index is 1040. The molecule has 0 aromatic heterocycles. The van der Waals surface area contributed by atoms with Gasteiger partial charge in [0.05, 0.1) is 19.3 Å². The number of hydrogen-bond donors (Lipinski definition) is 1. The number of ether oxygens (including phenoxy) is 1. The van der Waals surface area contributed by atoms with Crippen molar-refractivity contribution >= 4 is 11.8 Å². The average molecular weight is 461 g/mol. The van der Waals surface area contributed by atoms with Crippen molar-refractivity contribution in [2.75, 3.05) is 26.3 Å². The number of amides is 2. The molecule has 6 nitrogen and oxygen atoms in total. The van der Waals surface area contributed by atoms with Crippen molar-refractivity contribution in [2.24, 2.45) is 0 Å². The van der Waals surface area contributed by atoms with Crippen molar-refractivity contribution in [3.8, 4) is 11.8 Å². The van der Waals surface area contributed by atoms with Crippen LogP contribution in [-0.2, 0) is 25.6 Å². The van der Waals surface area contributed by atoms with Crippen molar-refractivity contribution < 1.29 is 19.2 Å². The second-order valence-corrected chi connectivity index (χ2v) is 8.64. The summed E-state index contributed by atoms with van der Waals surface area (Å²) in [6.07, 6.45) is 5.33. The van der Waals surface area contributed by atoms with Crippen LogP contribution >= 0.6 is 0 Å². The summed E-state index contributed by atoms with van der Waals surface area (Å²) in [7, 11) is 0. The maximum Gasteiger partial charge on any atom is 0.253 e. The SMILES string of the molecule is O=C1CCC(=O)N1OCCCCCCNCCOC1Cc2ccccc2C#Cc2ccccc21. The molecule has 1 unspecified atom stereocenters. The number of hydroxylamine groups is 2. The average Bonchev–Trinajstić information content (AvgIpc) is 3.17. The van der Waals surface area contributed by atoms with Crippen molar-refractivity contribution in [2.45, 2.75) is 51.0 Å². The summed E-state index contributed by atoms with van der Waals surface area (Å²) in [6, 6.07) is 16.6. The predicted octanol–water partition coefficient (Wildman–Crippen LogP) is 3.93. The smallest absolute Gasteiger partial charge is 0.253 e. The Morgan fingerprint density at radius 1 is 0.824 bits per heavy atom. The van der Waals surface area contributed by atoms with Gasteiger partial charge in [-0.15, -0.1) is 0 Å². The van der Waals surface area contributed by atoms with E-state index in [0.717, 1.165) is 66.9 Å². The monoisotopic (exact) mass is 460 g/mol. The van der Waals surface area contributed by atoms with Crippen LogP contribution in [0.3, 0.4) is 0 Å². The number of fused-ring (bicyclic) bond motifs is 2. The summed E-state index contributed by atoms with van der Waals surface area (Å²) < 4.78 is 6.32. The number of nitrogens with one attached hydrogen (secondary N) is 1. The zero-order chi connectivity index (χ0) is 23.6. The van der Waals surface area contributed by atoms with Gasteiger partial charge in [-0.05, 0) is 42.6 Å². The number of rotatable bonds is 12. The minimum absolute atomic E-state index is 0.0110. The predicted molar refractivity (Wildman–Crippen MR) is 130 cm³/mol. The Kier molecular flexibility index (Phi) is 8.86.